The Balaban J connectivity index is 0.00000261. The number of likely N-dealkylation sites (N-methyl/N-ethyl adjacent to an activating group) is 1. The van der Waals surface area contributed by atoms with Gasteiger partial charge in [0.2, 0.25) is 5.91 Å². The minimum Gasteiger partial charge on any atom is -0.367 e. The molecular formula is C21H37Cl3N4O. The van der Waals surface area contributed by atoms with E-state index in [1.165, 1.54) is 12.8 Å². The zero-order chi connectivity index (χ0) is 18.4. The van der Waals surface area contributed by atoms with Gasteiger partial charge in [0, 0.05) is 32.6 Å². The fourth-order valence-corrected chi connectivity index (χ4v) is 4.18. The molecule has 2 heterocycles. The van der Waals surface area contributed by atoms with Crippen molar-refractivity contribution < 1.29 is 4.79 Å². The van der Waals surface area contributed by atoms with Gasteiger partial charge in [-0.15, -0.1) is 37.2 Å². The Kier molecular flexibility index (Phi) is 14.0. The van der Waals surface area contributed by atoms with Crippen molar-refractivity contribution in [2.75, 3.05) is 56.0 Å². The zero-order valence-electron chi connectivity index (χ0n) is 17.6. The maximum atomic E-state index is 12.6. The highest BCUT2D eigenvalue weighted by atomic mass is 35.5. The number of anilines is 2. The molecule has 1 amide bonds. The molecule has 2 unspecified atom stereocenters. The van der Waals surface area contributed by atoms with Gasteiger partial charge in [0.15, 0.2) is 0 Å². The highest BCUT2D eigenvalue weighted by molar-refractivity contribution is 5.94. The summed E-state index contributed by atoms with van der Waals surface area (Å²) >= 11 is 0. The first-order valence-corrected chi connectivity index (χ1v) is 10.2. The summed E-state index contributed by atoms with van der Waals surface area (Å²) in [6.07, 6.45) is 3.06. The molecule has 0 saturated carbocycles. The van der Waals surface area contributed by atoms with E-state index in [9.17, 15) is 4.79 Å². The fourth-order valence-electron chi connectivity index (χ4n) is 4.18. The lowest BCUT2D eigenvalue weighted by Crippen LogP contribution is -2.46. The van der Waals surface area contributed by atoms with Crippen LogP contribution < -0.4 is 15.5 Å². The van der Waals surface area contributed by atoms with Crippen molar-refractivity contribution in [3.8, 4) is 0 Å². The van der Waals surface area contributed by atoms with Crippen molar-refractivity contribution in [2.24, 2.45) is 11.8 Å². The molecule has 2 saturated heterocycles. The van der Waals surface area contributed by atoms with Crippen molar-refractivity contribution in [2.45, 2.75) is 33.1 Å². The molecule has 0 bridgehead atoms. The van der Waals surface area contributed by atoms with Crippen LogP contribution in [0.5, 0.6) is 0 Å². The number of hydrogen-bond acceptors (Lipinski definition) is 4. The average Bonchev–Trinajstić information content (AvgIpc) is 2.69. The van der Waals surface area contributed by atoms with Crippen LogP contribution in [0.3, 0.4) is 0 Å². The number of halogens is 3. The normalized spacial score (nSPS) is 20.5. The first-order valence-electron chi connectivity index (χ1n) is 10.2. The zero-order valence-corrected chi connectivity index (χ0v) is 20.0. The van der Waals surface area contributed by atoms with E-state index in [0.29, 0.717) is 18.3 Å². The van der Waals surface area contributed by atoms with E-state index in [0.717, 1.165) is 57.2 Å². The van der Waals surface area contributed by atoms with Gasteiger partial charge >= 0.3 is 0 Å². The third-order valence-corrected chi connectivity index (χ3v) is 5.99. The topological polar surface area (TPSA) is 47.6 Å². The predicted octanol–water partition coefficient (Wildman–Crippen LogP) is 4.06. The van der Waals surface area contributed by atoms with Gasteiger partial charge in [-0.05, 0) is 56.4 Å². The summed E-state index contributed by atoms with van der Waals surface area (Å²) < 4.78 is 0. The Morgan fingerprint density at radius 1 is 1.17 bits per heavy atom. The van der Waals surface area contributed by atoms with Gasteiger partial charge in [-0.1, -0.05) is 26.0 Å². The average molecular weight is 468 g/mol. The number of piperazine rings is 1. The second kappa shape index (κ2) is 14.3. The summed E-state index contributed by atoms with van der Waals surface area (Å²) in [7, 11) is 0. The number of amides is 1. The highest BCUT2D eigenvalue weighted by Gasteiger charge is 2.23. The minimum atomic E-state index is 0. The second-order valence-electron chi connectivity index (χ2n) is 7.77. The van der Waals surface area contributed by atoms with Crippen LogP contribution in [0.15, 0.2) is 24.3 Å². The van der Waals surface area contributed by atoms with E-state index < -0.39 is 0 Å². The number of carbonyl (C=O) groups excluding carboxylic acids is 1. The summed E-state index contributed by atoms with van der Waals surface area (Å²) in [6, 6.07) is 8.24. The molecule has 2 N–H and O–H groups in total. The standard InChI is InChI=1S/C21H34N4O.3ClH/c1-3-24-11-13-25(14-12-24)20-9-5-4-8-19(20)23-21(26)15-17(2)18-7-6-10-22-16-18;;;/h4-5,8-9,17-18,22H,3,6-7,10-16H2,1-2H3,(H,23,26);3*1H. The van der Waals surface area contributed by atoms with Crippen molar-refractivity contribution in [3.63, 3.8) is 0 Å². The van der Waals surface area contributed by atoms with Crippen molar-refractivity contribution >= 4 is 54.5 Å². The van der Waals surface area contributed by atoms with E-state index in [1.54, 1.807) is 0 Å². The van der Waals surface area contributed by atoms with Crippen LogP contribution in [0.4, 0.5) is 11.4 Å². The number of para-hydroxylation sites is 2. The summed E-state index contributed by atoms with van der Waals surface area (Å²) in [5.74, 6) is 1.18. The van der Waals surface area contributed by atoms with E-state index >= 15 is 0 Å². The molecule has 5 nitrogen and oxygen atoms in total. The predicted molar refractivity (Wildman–Crippen MR) is 131 cm³/mol. The van der Waals surface area contributed by atoms with E-state index in [-0.39, 0.29) is 43.1 Å². The lowest BCUT2D eigenvalue weighted by atomic mass is 9.85. The van der Waals surface area contributed by atoms with Crippen LogP contribution in [-0.4, -0.2) is 56.6 Å². The third-order valence-electron chi connectivity index (χ3n) is 5.99. The van der Waals surface area contributed by atoms with Gasteiger partial charge < -0.3 is 20.4 Å². The molecule has 168 valence electrons. The molecule has 29 heavy (non-hydrogen) atoms. The smallest absolute Gasteiger partial charge is 0.224 e. The lowest BCUT2D eigenvalue weighted by Gasteiger charge is -2.36. The second-order valence-corrected chi connectivity index (χ2v) is 7.77. The molecule has 8 heteroatoms. The van der Waals surface area contributed by atoms with E-state index in [4.69, 9.17) is 0 Å². The van der Waals surface area contributed by atoms with Crippen molar-refractivity contribution in [1.29, 1.82) is 0 Å². The van der Waals surface area contributed by atoms with Gasteiger partial charge in [0.05, 0.1) is 11.4 Å². The molecule has 3 rings (SSSR count). The van der Waals surface area contributed by atoms with E-state index in [1.807, 2.05) is 12.1 Å². The summed E-state index contributed by atoms with van der Waals surface area (Å²) in [4.78, 5) is 17.5. The number of piperidine rings is 1. The molecule has 2 fully saturated rings. The van der Waals surface area contributed by atoms with Crippen molar-refractivity contribution in [1.82, 2.24) is 10.2 Å². The summed E-state index contributed by atoms with van der Waals surface area (Å²) in [5, 5.41) is 6.65. The van der Waals surface area contributed by atoms with Gasteiger partial charge in [0.25, 0.3) is 0 Å². The maximum Gasteiger partial charge on any atom is 0.224 e. The Bertz CT molecular complexity index is 591. The first kappa shape index (κ1) is 28.3. The Morgan fingerprint density at radius 2 is 1.86 bits per heavy atom. The molecule has 1 aromatic rings. The number of carbonyl (C=O) groups is 1. The number of rotatable bonds is 6. The monoisotopic (exact) mass is 466 g/mol. The molecule has 0 spiro atoms. The Hall–Kier alpha value is -0.720. The molecular weight excluding hydrogens is 431 g/mol. The van der Waals surface area contributed by atoms with Crippen LogP contribution in [0, 0.1) is 11.8 Å². The molecule has 2 aliphatic rings. The molecule has 0 radical (unpaired) electrons. The van der Waals surface area contributed by atoms with Gasteiger partial charge in [0.1, 0.15) is 0 Å². The SMILES string of the molecule is CCN1CCN(c2ccccc2NC(=O)CC(C)C2CCCNC2)CC1.Cl.Cl.Cl. The van der Waals surface area contributed by atoms with Crippen LogP contribution in [0.1, 0.15) is 33.1 Å². The van der Waals surface area contributed by atoms with Crippen LogP contribution in [-0.2, 0) is 4.79 Å². The van der Waals surface area contributed by atoms with E-state index in [2.05, 4.69) is 46.4 Å². The molecule has 0 aromatic heterocycles. The quantitative estimate of drug-likeness (QED) is 0.662. The minimum absolute atomic E-state index is 0. The van der Waals surface area contributed by atoms with Gasteiger partial charge in [-0.25, -0.2) is 0 Å². The number of nitrogens with one attached hydrogen (secondary N) is 2. The van der Waals surface area contributed by atoms with Crippen LogP contribution >= 0.6 is 37.2 Å². The molecule has 2 aliphatic heterocycles. The molecule has 1 aromatic carbocycles. The highest BCUT2D eigenvalue weighted by Crippen LogP contribution is 2.28. The van der Waals surface area contributed by atoms with Gasteiger partial charge in [-0.2, -0.15) is 0 Å². The summed E-state index contributed by atoms with van der Waals surface area (Å²) in [5.41, 5.74) is 2.11. The molecule has 0 aliphatic carbocycles. The van der Waals surface area contributed by atoms with Crippen LogP contribution in [0.2, 0.25) is 0 Å². The summed E-state index contributed by atoms with van der Waals surface area (Å²) in [6.45, 7) is 11.9. The number of hydrogen-bond donors (Lipinski definition) is 2. The van der Waals surface area contributed by atoms with Crippen molar-refractivity contribution in [3.05, 3.63) is 24.3 Å². The largest absolute Gasteiger partial charge is 0.367 e. The maximum absolute atomic E-state index is 12.6. The number of nitrogens with zero attached hydrogens (tertiary/aromatic N) is 2. The number of benzene rings is 1. The Morgan fingerprint density at radius 3 is 2.48 bits per heavy atom. The first-order chi connectivity index (χ1) is 12.7. The fraction of sp³-hybridized carbons (Fsp3) is 0.667. The van der Waals surface area contributed by atoms with Crippen LogP contribution in [0.25, 0.3) is 0 Å². The lowest BCUT2D eigenvalue weighted by molar-refractivity contribution is -0.117. The Labute approximate surface area is 194 Å². The third kappa shape index (κ3) is 8.14. The molecule has 2 atom stereocenters. The van der Waals surface area contributed by atoms with Gasteiger partial charge in [-0.3, -0.25) is 4.79 Å².